The normalized spacial score (nSPS) is 12.8. The fourth-order valence-electron chi connectivity index (χ4n) is 1.91. The molecule has 1 N–H and O–H groups in total. The summed E-state index contributed by atoms with van der Waals surface area (Å²) < 4.78 is 0. The molecule has 1 rings (SSSR count). The molecule has 0 aliphatic rings. The summed E-state index contributed by atoms with van der Waals surface area (Å²) in [7, 11) is 0. The number of aryl methyl sites for hydroxylation is 1. The predicted octanol–water partition coefficient (Wildman–Crippen LogP) is 3.28. The molecule has 0 aliphatic heterocycles. The second-order valence-corrected chi connectivity index (χ2v) is 4.80. The topological polar surface area (TPSA) is 37.3 Å². The minimum absolute atomic E-state index is 0.222. The number of benzene rings is 1. The molecule has 0 aliphatic carbocycles. The summed E-state index contributed by atoms with van der Waals surface area (Å²) in [4.78, 5) is 10.8. The van der Waals surface area contributed by atoms with Gasteiger partial charge in [-0.1, -0.05) is 43.7 Å². The highest BCUT2D eigenvalue weighted by molar-refractivity contribution is 5.67. The Labute approximate surface area is 97.3 Å². The van der Waals surface area contributed by atoms with Crippen LogP contribution in [0.1, 0.15) is 31.4 Å². The van der Waals surface area contributed by atoms with Crippen LogP contribution in [-0.2, 0) is 11.2 Å². The summed E-state index contributed by atoms with van der Waals surface area (Å²) in [5, 5.41) is 8.87. The standard InChI is InChI=1S/C14H20O2/c1-10(2)13(9-14(15)16)8-12-6-4-5-11(3)7-12/h4-7,10,13H,8-9H2,1-3H3,(H,15,16)/t13-/m0/s1. The molecular weight excluding hydrogens is 200 g/mol. The lowest BCUT2D eigenvalue weighted by atomic mass is 9.86. The zero-order valence-electron chi connectivity index (χ0n) is 10.2. The van der Waals surface area contributed by atoms with Crippen molar-refractivity contribution >= 4 is 5.97 Å². The van der Waals surface area contributed by atoms with Gasteiger partial charge in [-0.05, 0) is 30.7 Å². The summed E-state index contributed by atoms with van der Waals surface area (Å²) in [6, 6.07) is 8.30. The van der Waals surface area contributed by atoms with Crippen LogP contribution in [0.2, 0.25) is 0 Å². The van der Waals surface area contributed by atoms with Crippen molar-refractivity contribution in [2.45, 2.75) is 33.6 Å². The van der Waals surface area contributed by atoms with Crippen molar-refractivity contribution in [3.8, 4) is 0 Å². The van der Waals surface area contributed by atoms with Gasteiger partial charge in [0.15, 0.2) is 0 Å². The quantitative estimate of drug-likeness (QED) is 0.826. The van der Waals surface area contributed by atoms with E-state index < -0.39 is 5.97 Å². The summed E-state index contributed by atoms with van der Waals surface area (Å²) in [5.41, 5.74) is 2.47. The highest BCUT2D eigenvalue weighted by atomic mass is 16.4. The van der Waals surface area contributed by atoms with Gasteiger partial charge in [-0.3, -0.25) is 4.79 Å². The van der Waals surface area contributed by atoms with Gasteiger partial charge in [0.25, 0.3) is 0 Å². The Morgan fingerprint density at radius 2 is 2.06 bits per heavy atom. The Bertz CT molecular complexity index is 356. The summed E-state index contributed by atoms with van der Waals surface area (Å²) in [6.07, 6.45) is 1.11. The van der Waals surface area contributed by atoms with E-state index in [4.69, 9.17) is 5.11 Å². The van der Waals surface area contributed by atoms with Crippen LogP contribution in [0, 0.1) is 18.8 Å². The maximum absolute atomic E-state index is 10.8. The lowest BCUT2D eigenvalue weighted by Gasteiger charge is -2.19. The third-order valence-electron chi connectivity index (χ3n) is 2.96. The Morgan fingerprint density at radius 3 is 2.56 bits per heavy atom. The average Bonchev–Trinajstić information content (AvgIpc) is 2.15. The van der Waals surface area contributed by atoms with Gasteiger partial charge in [0.1, 0.15) is 0 Å². The molecule has 2 heteroatoms. The molecule has 0 spiro atoms. The van der Waals surface area contributed by atoms with Crippen molar-refractivity contribution in [3.63, 3.8) is 0 Å². The van der Waals surface area contributed by atoms with Gasteiger partial charge in [0, 0.05) is 6.42 Å². The van der Waals surface area contributed by atoms with E-state index in [2.05, 4.69) is 39.0 Å². The van der Waals surface area contributed by atoms with Crippen molar-refractivity contribution in [2.75, 3.05) is 0 Å². The lowest BCUT2D eigenvalue weighted by Crippen LogP contribution is -2.16. The Morgan fingerprint density at radius 1 is 1.38 bits per heavy atom. The van der Waals surface area contributed by atoms with Gasteiger partial charge in [0.2, 0.25) is 0 Å². The van der Waals surface area contributed by atoms with Gasteiger partial charge in [0.05, 0.1) is 0 Å². The molecule has 0 heterocycles. The Hall–Kier alpha value is -1.31. The van der Waals surface area contributed by atoms with Crippen LogP contribution in [0.4, 0.5) is 0 Å². The fourth-order valence-corrected chi connectivity index (χ4v) is 1.91. The first-order chi connectivity index (χ1) is 7.49. The van der Waals surface area contributed by atoms with E-state index in [0.717, 1.165) is 6.42 Å². The van der Waals surface area contributed by atoms with E-state index in [1.807, 2.05) is 6.07 Å². The molecule has 0 saturated heterocycles. The van der Waals surface area contributed by atoms with Crippen molar-refractivity contribution in [2.24, 2.45) is 11.8 Å². The molecule has 88 valence electrons. The Balaban J connectivity index is 2.71. The highest BCUT2D eigenvalue weighted by Crippen LogP contribution is 2.21. The zero-order chi connectivity index (χ0) is 12.1. The number of rotatable bonds is 5. The van der Waals surface area contributed by atoms with Gasteiger partial charge in [-0.25, -0.2) is 0 Å². The number of carbonyl (C=O) groups is 1. The van der Waals surface area contributed by atoms with Crippen LogP contribution in [0.25, 0.3) is 0 Å². The maximum Gasteiger partial charge on any atom is 0.303 e. The van der Waals surface area contributed by atoms with E-state index in [1.54, 1.807) is 0 Å². The van der Waals surface area contributed by atoms with Crippen LogP contribution < -0.4 is 0 Å². The van der Waals surface area contributed by atoms with E-state index in [9.17, 15) is 4.79 Å². The molecule has 0 bridgehead atoms. The van der Waals surface area contributed by atoms with Gasteiger partial charge in [-0.15, -0.1) is 0 Å². The zero-order valence-corrected chi connectivity index (χ0v) is 10.2. The number of hydrogen-bond acceptors (Lipinski definition) is 1. The van der Waals surface area contributed by atoms with Crippen molar-refractivity contribution in [3.05, 3.63) is 35.4 Å². The number of aliphatic carboxylic acids is 1. The first kappa shape index (κ1) is 12.8. The lowest BCUT2D eigenvalue weighted by molar-refractivity contribution is -0.138. The molecule has 0 unspecified atom stereocenters. The van der Waals surface area contributed by atoms with Gasteiger partial charge in [-0.2, -0.15) is 0 Å². The highest BCUT2D eigenvalue weighted by Gasteiger charge is 2.17. The smallest absolute Gasteiger partial charge is 0.303 e. The van der Waals surface area contributed by atoms with E-state index >= 15 is 0 Å². The van der Waals surface area contributed by atoms with Crippen LogP contribution in [0.15, 0.2) is 24.3 Å². The SMILES string of the molecule is Cc1cccc(C[C@@H](CC(=O)O)C(C)C)c1. The minimum atomic E-state index is -0.702. The average molecular weight is 220 g/mol. The molecule has 1 aromatic rings. The van der Waals surface area contributed by atoms with Crippen LogP contribution in [-0.4, -0.2) is 11.1 Å². The molecule has 0 aromatic heterocycles. The van der Waals surface area contributed by atoms with Crippen LogP contribution in [0.5, 0.6) is 0 Å². The molecule has 2 nitrogen and oxygen atoms in total. The molecule has 0 saturated carbocycles. The third kappa shape index (κ3) is 4.05. The molecule has 1 atom stereocenters. The second-order valence-electron chi connectivity index (χ2n) is 4.80. The van der Waals surface area contributed by atoms with Gasteiger partial charge >= 0.3 is 5.97 Å². The summed E-state index contributed by atoms with van der Waals surface area (Å²) >= 11 is 0. The van der Waals surface area contributed by atoms with Crippen LogP contribution in [0.3, 0.4) is 0 Å². The number of carboxylic acid groups (broad SMARTS) is 1. The van der Waals surface area contributed by atoms with E-state index in [0.29, 0.717) is 5.92 Å². The molecule has 1 aromatic carbocycles. The summed E-state index contributed by atoms with van der Waals surface area (Å²) in [6.45, 7) is 6.23. The monoisotopic (exact) mass is 220 g/mol. The van der Waals surface area contributed by atoms with E-state index in [1.165, 1.54) is 11.1 Å². The molecule has 0 radical (unpaired) electrons. The molecule has 0 amide bonds. The molecular formula is C14H20O2. The van der Waals surface area contributed by atoms with Crippen LogP contribution >= 0.6 is 0 Å². The number of carboxylic acids is 1. The third-order valence-corrected chi connectivity index (χ3v) is 2.96. The summed E-state index contributed by atoms with van der Waals surface area (Å²) in [5.74, 6) is -0.0812. The predicted molar refractivity (Wildman–Crippen MR) is 65.5 cm³/mol. The Kier molecular flexibility index (Phi) is 4.53. The molecule has 16 heavy (non-hydrogen) atoms. The largest absolute Gasteiger partial charge is 0.481 e. The second kappa shape index (κ2) is 5.69. The number of hydrogen-bond donors (Lipinski definition) is 1. The van der Waals surface area contributed by atoms with Crippen molar-refractivity contribution in [1.82, 2.24) is 0 Å². The minimum Gasteiger partial charge on any atom is -0.481 e. The van der Waals surface area contributed by atoms with Crippen molar-refractivity contribution < 1.29 is 9.90 Å². The first-order valence-electron chi connectivity index (χ1n) is 5.76. The maximum atomic E-state index is 10.8. The van der Waals surface area contributed by atoms with E-state index in [-0.39, 0.29) is 12.3 Å². The van der Waals surface area contributed by atoms with Crippen molar-refractivity contribution in [1.29, 1.82) is 0 Å². The fraction of sp³-hybridized carbons (Fsp3) is 0.500. The first-order valence-corrected chi connectivity index (χ1v) is 5.76. The molecule has 0 fully saturated rings. The van der Waals surface area contributed by atoms with Gasteiger partial charge < -0.3 is 5.11 Å².